The van der Waals surface area contributed by atoms with Gasteiger partial charge in [0.2, 0.25) is 0 Å². The number of hydrogen-bond donors (Lipinski definition) is 0. The Morgan fingerprint density at radius 3 is 2.91 bits per heavy atom. The first-order valence-corrected chi connectivity index (χ1v) is 4.33. The molecule has 2 heteroatoms. The number of hydrogen-bond acceptors (Lipinski definition) is 2. The van der Waals surface area contributed by atoms with Gasteiger partial charge >= 0.3 is 0 Å². The molecule has 11 heavy (non-hydrogen) atoms. The fourth-order valence-corrected chi connectivity index (χ4v) is 2.73. The van der Waals surface area contributed by atoms with Crippen molar-refractivity contribution in [2.75, 3.05) is 6.61 Å². The zero-order valence-corrected chi connectivity index (χ0v) is 6.45. The first kappa shape index (κ1) is 6.06. The van der Waals surface area contributed by atoms with Crippen LogP contribution >= 0.6 is 0 Å². The molecule has 0 aromatic heterocycles. The highest BCUT2D eigenvalue weighted by molar-refractivity contribution is 5.12. The molecule has 3 saturated heterocycles. The van der Waals surface area contributed by atoms with E-state index in [1.807, 2.05) is 0 Å². The topological polar surface area (TPSA) is 18.5 Å². The maximum absolute atomic E-state index is 5.77. The SMILES string of the molecule is C=C1OCC2C3CCC(O3)C12. The van der Waals surface area contributed by atoms with E-state index in [4.69, 9.17) is 9.47 Å². The molecule has 2 bridgehead atoms. The third kappa shape index (κ3) is 0.614. The average molecular weight is 152 g/mol. The van der Waals surface area contributed by atoms with Crippen LogP contribution in [-0.2, 0) is 9.47 Å². The van der Waals surface area contributed by atoms with E-state index in [1.54, 1.807) is 0 Å². The van der Waals surface area contributed by atoms with Crippen molar-refractivity contribution in [3.63, 3.8) is 0 Å². The van der Waals surface area contributed by atoms with Crippen molar-refractivity contribution < 1.29 is 9.47 Å². The van der Waals surface area contributed by atoms with E-state index in [2.05, 4.69) is 6.58 Å². The van der Waals surface area contributed by atoms with Crippen LogP contribution in [0.4, 0.5) is 0 Å². The lowest BCUT2D eigenvalue weighted by atomic mass is 9.81. The molecule has 3 fully saturated rings. The Labute approximate surface area is 66.2 Å². The monoisotopic (exact) mass is 152 g/mol. The van der Waals surface area contributed by atoms with Gasteiger partial charge in [-0.1, -0.05) is 6.58 Å². The van der Waals surface area contributed by atoms with Gasteiger partial charge in [-0.2, -0.15) is 0 Å². The molecule has 3 aliphatic heterocycles. The maximum atomic E-state index is 5.77. The van der Waals surface area contributed by atoms with Crippen LogP contribution in [0, 0.1) is 11.8 Å². The smallest absolute Gasteiger partial charge is 0.0950 e. The van der Waals surface area contributed by atoms with Gasteiger partial charge in [-0.15, -0.1) is 0 Å². The van der Waals surface area contributed by atoms with Gasteiger partial charge in [0.25, 0.3) is 0 Å². The van der Waals surface area contributed by atoms with Crippen LogP contribution in [0.3, 0.4) is 0 Å². The minimum Gasteiger partial charge on any atom is -0.498 e. The van der Waals surface area contributed by atoms with Gasteiger partial charge < -0.3 is 9.47 Å². The largest absolute Gasteiger partial charge is 0.498 e. The molecule has 0 aromatic rings. The third-order valence-corrected chi connectivity index (χ3v) is 3.26. The van der Waals surface area contributed by atoms with E-state index < -0.39 is 0 Å². The number of ether oxygens (including phenoxy) is 2. The fraction of sp³-hybridized carbons (Fsp3) is 0.778. The molecule has 2 nitrogen and oxygen atoms in total. The highest BCUT2D eigenvalue weighted by Crippen LogP contribution is 2.49. The summed E-state index contributed by atoms with van der Waals surface area (Å²) in [5.41, 5.74) is 0. The standard InChI is InChI=1S/C9H12O2/c1-5-9-6(4-10-5)7-2-3-8(9)11-7/h6-9H,1-4H2. The minimum atomic E-state index is 0.444. The molecule has 0 radical (unpaired) electrons. The highest BCUT2D eigenvalue weighted by atomic mass is 16.5. The predicted octanol–water partition coefficient (Wildman–Crippen LogP) is 1.32. The second-order valence-corrected chi connectivity index (χ2v) is 3.76. The molecule has 0 aliphatic carbocycles. The molecule has 4 unspecified atom stereocenters. The Kier molecular flexibility index (Phi) is 0.995. The number of fused-ring (bicyclic) bond motifs is 5. The van der Waals surface area contributed by atoms with Crippen molar-refractivity contribution in [2.45, 2.75) is 25.0 Å². The molecule has 3 heterocycles. The highest BCUT2D eigenvalue weighted by Gasteiger charge is 2.53. The van der Waals surface area contributed by atoms with Gasteiger partial charge in [-0.05, 0) is 12.8 Å². The van der Waals surface area contributed by atoms with Gasteiger partial charge in [0.1, 0.15) is 0 Å². The van der Waals surface area contributed by atoms with Crippen molar-refractivity contribution in [3.8, 4) is 0 Å². The zero-order valence-electron chi connectivity index (χ0n) is 6.45. The van der Waals surface area contributed by atoms with Crippen LogP contribution in [0.5, 0.6) is 0 Å². The van der Waals surface area contributed by atoms with Crippen LogP contribution in [0.1, 0.15) is 12.8 Å². The van der Waals surface area contributed by atoms with Gasteiger partial charge in [0.05, 0.1) is 30.5 Å². The summed E-state index contributed by atoms with van der Waals surface area (Å²) in [5.74, 6) is 2.15. The van der Waals surface area contributed by atoms with Crippen molar-refractivity contribution >= 4 is 0 Å². The average Bonchev–Trinajstić information content (AvgIpc) is 2.60. The van der Waals surface area contributed by atoms with E-state index in [0.717, 1.165) is 12.4 Å². The fourth-order valence-electron chi connectivity index (χ4n) is 2.73. The normalized spacial score (nSPS) is 52.9. The van der Waals surface area contributed by atoms with Crippen molar-refractivity contribution in [2.24, 2.45) is 11.8 Å². The van der Waals surface area contributed by atoms with Crippen LogP contribution in [0.2, 0.25) is 0 Å². The van der Waals surface area contributed by atoms with Crippen molar-refractivity contribution in [1.82, 2.24) is 0 Å². The van der Waals surface area contributed by atoms with E-state index in [-0.39, 0.29) is 0 Å². The molecule has 0 N–H and O–H groups in total. The maximum Gasteiger partial charge on any atom is 0.0950 e. The molecule has 0 saturated carbocycles. The summed E-state index contributed by atoms with van der Waals surface area (Å²) in [6.45, 7) is 4.77. The summed E-state index contributed by atoms with van der Waals surface area (Å²) in [4.78, 5) is 0. The second-order valence-electron chi connectivity index (χ2n) is 3.76. The summed E-state index contributed by atoms with van der Waals surface area (Å²) in [6, 6.07) is 0. The molecule has 0 amide bonds. The van der Waals surface area contributed by atoms with Gasteiger partial charge in [-0.25, -0.2) is 0 Å². The summed E-state index contributed by atoms with van der Waals surface area (Å²) >= 11 is 0. The molecule has 3 rings (SSSR count). The predicted molar refractivity (Wildman–Crippen MR) is 40.0 cm³/mol. The lowest BCUT2D eigenvalue weighted by Gasteiger charge is -2.17. The van der Waals surface area contributed by atoms with Gasteiger partial charge in [0, 0.05) is 5.92 Å². The van der Waals surface area contributed by atoms with Gasteiger partial charge in [0.15, 0.2) is 0 Å². The molecule has 0 aromatic carbocycles. The first-order valence-electron chi connectivity index (χ1n) is 4.33. The molecule has 4 atom stereocenters. The summed E-state index contributed by atoms with van der Waals surface area (Å²) in [5, 5.41) is 0. The van der Waals surface area contributed by atoms with Crippen LogP contribution < -0.4 is 0 Å². The third-order valence-electron chi connectivity index (χ3n) is 3.26. The zero-order chi connectivity index (χ0) is 7.42. The van der Waals surface area contributed by atoms with E-state index in [1.165, 1.54) is 12.8 Å². The van der Waals surface area contributed by atoms with Crippen molar-refractivity contribution in [1.29, 1.82) is 0 Å². The van der Waals surface area contributed by atoms with Crippen LogP contribution in [0.25, 0.3) is 0 Å². The van der Waals surface area contributed by atoms with Crippen LogP contribution in [0.15, 0.2) is 12.3 Å². The van der Waals surface area contributed by atoms with E-state index >= 15 is 0 Å². The second kappa shape index (κ2) is 1.81. The summed E-state index contributed by atoms with van der Waals surface area (Å²) < 4.78 is 11.2. The van der Waals surface area contributed by atoms with E-state index in [0.29, 0.717) is 24.0 Å². The van der Waals surface area contributed by atoms with Crippen molar-refractivity contribution in [3.05, 3.63) is 12.3 Å². The Bertz CT molecular complexity index is 212. The van der Waals surface area contributed by atoms with E-state index in [9.17, 15) is 0 Å². The Morgan fingerprint density at radius 2 is 2.09 bits per heavy atom. The lowest BCUT2D eigenvalue weighted by Crippen LogP contribution is -2.24. The lowest BCUT2D eigenvalue weighted by molar-refractivity contribution is 0.0630. The molecular weight excluding hydrogens is 140 g/mol. The van der Waals surface area contributed by atoms with Crippen LogP contribution in [-0.4, -0.2) is 18.8 Å². The quantitative estimate of drug-likeness (QED) is 0.521. The minimum absolute atomic E-state index is 0.444. The number of rotatable bonds is 0. The molecule has 3 aliphatic rings. The van der Waals surface area contributed by atoms with Gasteiger partial charge in [-0.3, -0.25) is 0 Å². The Hall–Kier alpha value is -0.500. The summed E-state index contributed by atoms with van der Waals surface area (Å²) in [7, 11) is 0. The first-order chi connectivity index (χ1) is 5.36. The molecule has 60 valence electrons. The molecular formula is C9H12O2. The summed E-state index contributed by atoms with van der Waals surface area (Å²) in [6.07, 6.45) is 3.39. The molecule has 0 spiro atoms. The Morgan fingerprint density at radius 1 is 1.27 bits per heavy atom. The Balaban J connectivity index is 1.97.